The van der Waals surface area contributed by atoms with Gasteiger partial charge in [0, 0.05) is 26.2 Å². The maximum Gasteiger partial charge on any atom is 0.232 e. The molecule has 1 aromatic heterocycles. The van der Waals surface area contributed by atoms with Crippen LogP contribution in [0.15, 0.2) is 0 Å². The Hall–Kier alpha value is -1.67. The fourth-order valence-electron chi connectivity index (χ4n) is 2.11. The van der Waals surface area contributed by atoms with E-state index in [-0.39, 0.29) is 12.6 Å². The molecule has 0 saturated carbocycles. The van der Waals surface area contributed by atoms with Gasteiger partial charge in [-0.1, -0.05) is 6.92 Å². The number of hydrogen-bond donors (Lipinski definition) is 3. The van der Waals surface area contributed by atoms with Crippen molar-refractivity contribution >= 4 is 17.8 Å². The van der Waals surface area contributed by atoms with Crippen LogP contribution >= 0.6 is 0 Å². The minimum atomic E-state index is 0.220. The second-order valence-corrected chi connectivity index (χ2v) is 5.27. The van der Waals surface area contributed by atoms with Crippen LogP contribution in [0.2, 0.25) is 0 Å². The molecule has 118 valence electrons. The average molecular weight is 296 g/mol. The molecule has 0 bridgehead atoms. The molecule has 1 atom stereocenters. The predicted molar refractivity (Wildman–Crippen MR) is 81.2 cm³/mol. The second kappa shape index (κ2) is 7.94. The van der Waals surface area contributed by atoms with Crippen LogP contribution in [0.1, 0.15) is 19.8 Å². The van der Waals surface area contributed by atoms with Gasteiger partial charge in [0.2, 0.25) is 17.8 Å². The third-order valence-electron chi connectivity index (χ3n) is 3.40. The molecule has 1 unspecified atom stereocenters. The van der Waals surface area contributed by atoms with Gasteiger partial charge < -0.3 is 25.8 Å². The van der Waals surface area contributed by atoms with Crippen molar-refractivity contribution in [3.63, 3.8) is 0 Å². The van der Waals surface area contributed by atoms with Gasteiger partial charge in [0.25, 0.3) is 0 Å². The largest absolute Gasteiger partial charge is 0.396 e. The number of ether oxygens (including phenoxy) is 1. The Morgan fingerprint density at radius 3 is 2.81 bits per heavy atom. The number of rotatable bonds is 7. The van der Waals surface area contributed by atoms with Gasteiger partial charge in [0.1, 0.15) is 0 Å². The quantitative estimate of drug-likeness (QED) is 0.608. The van der Waals surface area contributed by atoms with Crippen molar-refractivity contribution in [3.05, 3.63) is 0 Å². The van der Waals surface area contributed by atoms with Crippen molar-refractivity contribution in [2.75, 3.05) is 55.4 Å². The highest BCUT2D eigenvalue weighted by atomic mass is 16.5. The summed E-state index contributed by atoms with van der Waals surface area (Å²) in [5.41, 5.74) is 5.75. The van der Waals surface area contributed by atoms with E-state index in [0.717, 1.165) is 32.5 Å². The molecule has 1 fully saturated rings. The highest BCUT2D eigenvalue weighted by Gasteiger charge is 2.15. The van der Waals surface area contributed by atoms with Crippen LogP contribution in [0.3, 0.4) is 0 Å². The molecule has 0 aliphatic carbocycles. The first-order valence-corrected chi connectivity index (χ1v) is 7.38. The molecule has 0 amide bonds. The SMILES string of the molecule is CC(CO)CCCNc1nc(N)nc(N2CCOCC2)n1. The normalized spacial score (nSPS) is 16.8. The second-order valence-electron chi connectivity index (χ2n) is 5.27. The summed E-state index contributed by atoms with van der Waals surface area (Å²) in [6, 6.07) is 0. The Labute approximate surface area is 124 Å². The summed E-state index contributed by atoms with van der Waals surface area (Å²) in [6.07, 6.45) is 1.90. The maximum atomic E-state index is 8.98. The number of nitrogens with zero attached hydrogens (tertiary/aromatic N) is 4. The van der Waals surface area contributed by atoms with Crippen LogP contribution < -0.4 is 16.0 Å². The standard InChI is InChI=1S/C13H24N6O2/c1-10(9-20)3-2-4-15-12-16-11(14)17-13(18-12)19-5-7-21-8-6-19/h10,20H,2-9H2,1H3,(H3,14,15,16,17,18). The first-order valence-electron chi connectivity index (χ1n) is 7.38. The fourth-order valence-corrected chi connectivity index (χ4v) is 2.11. The van der Waals surface area contributed by atoms with Crippen molar-refractivity contribution in [3.8, 4) is 0 Å². The number of nitrogen functional groups attached to an aromatic ring is 1. The molecule has 8 nitrogen and oxygen atoms in total. The number of hydrogen-bond acceptors (Lipinski definition) is 8. The summed E-state index contributed by atoms with van der Waals surface area (Å²) < 4.78 is 5.31. The summed E-state index contributed by atoms with van der Waals surface area (Å²) >= 11 is 0. The molecule has 1 saturated heterocycles. The Morgan fingerprint density at radius 2 is 2.10 bits per heavy atom. The predicted octanol–water partition coefficient (Wildman–Crippen LogP) is 0.111. The number of aliphatic hydroxyl groups excluding tert-OH is 1. The molecule has 2 heterocycles. The third kappa shape index (κ3) is 4.98. The summed E-state index contributed by atoms with van der Waals surface area (Å²) in [4.78, 5) is 14.7. The van der Waals surface area contributed by atoms with Gasteiger partial charge in [-0.25, -0.2) is 0 Å². The molecule has 4 N–H and O–H groups in total. The van der Waals surface area contributed by atoms with E-state index in [2.05, 4.69) is 20.3 Å². The summed E-state index contributed by atoms with van der Waals surface area (Å²) in [5.74, 6) is 1.63. The van der Waals surface area contributed by atoms with Gasteiger partial charge >= 0.3 is 0 Å². The van der Waals surface area contributed by atoms with E-state index in [1.165, 1.54) is 0 Å². The number of aliphatic hydroxyl groups is 1. The molecular weight excluding hydrogens is 272 g/mol. The molecule has 0 radical (unpaired) electrons. The van der Waals surface area contributed by atoms with Crippen molar-refractivity contribution in [1.82, 2.24) is 15.0 Å². The molecule has 0 aromatic carbocycles. The van der Waals surface area contributed by atoms with Gasteiger partial charge in [-0.2, -0.15) is 15.0 Å². The summed E-state index contributed by atoms with van der Waals surface area (Å²) in [6.45, 7) is 5.86. The molecule has 1 aliphatic rings. The van der Waals surface area contributed by atoms with Crippen LogP contribution in [0.4, 0.5) is 17.8 Å². The van der Waals surface area contributed by atoms with E-state index in [9.17, 15) is 0 Å². The first kappa shape index (κ1) is 15.7. The fraction of sp³-hybridized carbons (Fsp3) is 0.769. The maximum absolute atomic E-state index is 8.98. The zero-order valence-corrected chi connectivity index (χ0v) is 12.5. The van der Waals surface area contributed by atoms with E-state index in [1.807, 2.05) is 11.8 Å². The van der Waals surface area contributed by atoms with Crippen LogP contribution in [0.5, 0.6) is 0 Å². The van der Waals surface area contributed by atoms with E-state index in [1.54, 1.807) is 0 Å². The Morgan fingerprint density at radius 1 is 1.33 bits per heavy atom. The molecule has 21 heavy (non-hydrogen) atoms. The summed E-state index contributed by atoms with van der Waals surface area (Å²) in [7, 11) is 0. The van der Waals surface area contributed by atoms with Gasteiger partial charge in [-0.05, 0) is 18.8 Å². The number of morpholine rings is 1. The zero-order valence-electron chi connectivity index (χ0n) is 12.5. The van der Waals surface area contributed by atoms with Gasteiger partial charge in [0.15, 0.2) is 0 Å². The number of nitrogens with one attached hydrogen (secondary N) is 1. The van der Waals surface area contributed by atoms with Gasteiger partial charge in [-0.15, -0.1) is 0 Å². The topological polar surface area (TPSA) is 109 Å². The number of anilines is 3. The van der Waals surface area contributed by atoms with E-state index in [0.29, 0.717) is 31.0 Å². The van der Waals surface area contributed by atoms with Crippen molar-refractivity contribution in [2.45, 2.75) is 19.8 Å². The van der Waals surface area contributed by atoms with Crippen LogP contribution in [-0.2, 0) is 4.74 Å². The number of aromatic nitrogens is 3. The molecule has 8 heteroatoms. The Balaban J connectivity index is 1.89. The monoisotopic (exact) mass is 296 g/mol. The summed E-state index contributed by atoms with van der Waals surface area (Å²) in [5, 5.41) is 12.1. The van der Waals surface area contributed by atoms with E-state index in [4.69, 9.17) is 15.6 Å². The van der Waals surface area contributed by atoms with Crippen molar-refractivity contribution < 1.29 is 9.84 Å². The Bertz CT molecular complexity index is 439. The lowest BCUT2D eigenvalue weighted by Crippen LogP contribution is -2.37. The highest BCUT2D eigenvalue weighted by Crippen LogP contribution is 2.13. The van der Waals surface area contributed by atoms with Gasteiger partial charge in [0.05, 0.1) is 13.2 Å². The Kier molecular flexibility index (Phi) is 5.94. The van der Waals surface area contributed by atoms with E-state index >= 15 is 0 Å². The molecule has 2 rings (SSSR count). The van der Waals surface area contributed by atoms with Crippen molar-refractivity contribution in [2.24, 2.45) is 5.92 Å². The zero-order chi connectivity index (χ0) is 15.1. The lowest BCUT2D eigenvalue weighted by Gasteiger charge is -2.26. The number of nitrogens with two attached hydrogens (primary N) is 1. The lowest BCUT2D eigenvalue weighted by atomic mass is 10.1. The van der Waals surface area contributed by atoms with Crippen LogP contribution in [0.25, 0.3) is 0 Å². The minimum Gasteiger partial charge on any atom is -0.396 e. The van der Waals surface area contributed by atoms with Crippen LogP contribution in [-0.4, -0.2) is 59.5 Å². The average Bonchev–Trinajstić information content (AvgIpc) is 2.51. The first-order chi connectivity index (χ1) is 10.2. The third-order valence-corrected chi connectivity index (χ3v) is 3.40. The smallest absolute Gasteiger partial charge is 0.232 e. The van der Waals surface area contributed by atoms with Crippen molar-refractivity contribution in [1.29, 1.82) is 0 Å². The minimum absolute atomic E-state index is 0.220. The van der Waals surface area contributed by atoms with Crippen LogP contribution in [0, 0.1) is 5.92 Å². The highest BCUT2D eigenvalue weighted by molar-refractivity contribution is 5.42. The molecule has 1 aromatic rings. The van der Waals surface area contributed by atoms with E-state index < -0.39 is 0 Å². The molecule has 1 aliphatic heterocycles. The molecular formula is C13H24N6O2. The molecule has 0 spiro atoms. The van der Waals surface area contributed by atoms with Gasteiger partial charge in [-0.3, -0.25) is 0 Å². The lowest BCUT2D eigenvalue weighted by molar-refractivity contribution is 0.122.